The average Bonchev–Trinajstić information content (AvgIpc) is 2.41. The van der Waals surface area contributed by atoms with E-state index in [4.69, 9.17) is 0 Å². The van der Waals surface area contributed by atoms with Crippen molar-refractivity contribution < 1.29 is 14.1 Å². The first kappa shape index (κ1) is 14.1. The van der Waals surface area contributed by atoms with Crippen molar-refractivity contribution in [1.29, 1.82) is 0 Å². The molecule has 0 saturated heterocycles. The Bertz CT molecular complexity index is 693. The molecule has 0 bridgehead atoms. The van der Waals surface area contributed by atoms with Gasteiger partial charge < -0.3 is 5.32 Å². The van der Waals surface area contributed by atoms with Crippen LogP contribution in [0, 0.1) is 15.9 Å². The zero-order valence-corrected chi connectivity index (χ0v) is 11.4. The quantitative estimate of drug-likeness (QED) is 0.528. The Kier molecular flexibility index (Phi) is 4.04. The van der Waals surface area contributed by atoms with Gasteiger partial charge in [-0.25, -0.2) is 9.37 Å². The van der Waals surface area contributed by atoms with E-state index in [0.29, 0.717) is 16.4 Å². The summed E-state index contributed by atoms with van der Waals surface area (Å²) < 4.78 is 13.4. The minimum atomic E-state index is -0.809. The van der Waals surface area contributed by atoms with Crippen molar-refractivity contribution >= 4 is 33.2 Å². The van der Waals surface area contributed by atoms with Crippen LogP contribution in [-0.2, 0) is 0 Å². The zero-order chi connectivity index (χ0) is 14.7. The van der Waals surface area contributed by atoms with Crippen LogP contribution in [0.2, 0.25) is 0 Å². The van der Waals surface area contributed by atoms with Crippen LogP contribution in [0.25, 0.3) is 0 Å². The van der Waals surface area contributed by atoms with Gasteiger partial charge in [-0.3, -0.25) is 14.9 Å². The number of nitrogens with one attached hydrogen (secondary N) is 1. The summed E-state index contributed by atoms with van der Waals surface area (Å²) in [5.74, 6) is -1.50. The van der Waals surface area contributed by atoms with Crippen molar-refractivity contribution in [3.8, 4) is 0 Å². The normalized spacial score (nSPS) is 10.1. The third kappa shape index (κ3) is 2.97. The van der Waals surface area contributed by atoms with Crippen LogP contribution >= 0.6 is 15.9 Å². The van der Waals surface area contributed by atoms with Crippen LogP contribution < -0.4 is 5.32 Å². The summed E-state index contributed by atoms with van der Waals surface area (Å²) in [5, 5.41) is 13.3. The number of amides is 1. The maximum absolute atomic E-state index is 13.0. The molecule has 2 aromatic rings. The summed E-state index contributed by atoms with van der Waals surface area (Å²) in [4.78, 5) is 25.9. The van der Waals surface area contributed by atoms with Crippen molar-refractivity contribution in [2.75, 3.05) is 5.32 Å². The molecular weight excluding hydrogens is 333 g/mol. The van der Waals surface area contributed by atoms with E-state index in [2.05, 4.69) is 26.2 Å². The number of benzene rings is 1. The van der Waals surface area contributed by atoms with Gasteiger partial charge in [0, 0.05) is 6.20 Å². The number of aromatic nitrogens is 1. The van der Waals surface area contributed by atoms with E-state index in [1.165, 1.54) is 6.20 Å². The van der Waals surface area contributed by atoms with Crippen LogP contribution in [0.1, 0.15) is 10.4 Å². The number of carbonyl (C=O) groups is 1. The van der Waals surface area contributed by atoms with E-state index in [-0.39, 0.29) is 5.56 Å². The van der Waals surface area contributed by atoms with Gasteiger partial charge in [-0.15, -0.1) is 0 Å². The van der Waals surface area contributed by atoms with Gasteiger partial charge in [0.1, 0.15) is 16.0 Å². The lowest BCUT2D eigenvalue weighted by molar-refractivity contribution is -0.385. The molecule has 0 aliphatic heterocycles. The second kappa shape index (κ2) is 5.74. The first-order valence-corrected chi connectivity index (χ1v) is 6.14. The first-order valence-electron chi connectivity index (χ1n) is 5.35. The zero-order valence-electron chi connectivity index (χ0n) is 9.84. The Labute approximate surface area is 120 Å². The number of nitrogens with zero attached hydrogens (tertiary/aromatic N) is 2. The number of rotatable bonds is 3. The lowest BCUT2D eigenvalue weighted by atomic mass is 10.1. The fourth-order valence-corrected chi connectivity index (χ4v) is 1.87. The van der Waals surface area contributed by atoms with Crippen molar-refractivity contribution in [2.45, 2.75) is 0 Å². The van der Waals surface area contributed by atoms with E-state index >= 15 is 0 Å². The molecule has 0 saturated carbocycles. The van der Waals surface area contributed by atoms with Crippen molar-refractivity contribution in [3.63, 3.8) is 0 Å². The highest BCUT2D eigenvalue weighted by atomic mass is 79.9. The largest absolute Gasteiger partial charge is 0.319 e. The van der Waals surface area contributed by atoms with Gasteiger partial charge in [-0.2, -0.15) is 0 Å². The van der Waals surface area contributed by atoms with Gasteiger partial charge in [-0.05, 0) is 40.2 Å². The molecule has 20 heavy (non-hydrogen) atoms. The Balaban J connectivity index is 2.35. The van der Waals surface area contributed by atoms with Crippen molar-refractivity contribution in [2.24, 2.45) is 0 Å². The molecule has 8 heteroatoms. The molecule has 1 amide bonds. The summed E-state index contributed by atoms with van der Waals surface area (Å²) in [6.45, 7) is 0. The summed E-state index contributed by atoms with van der Waals surface area (Å²) in [6, 6.07) is 5.92. The van der Waals surface area contributed by atoms with Gasteiger partial charge in [0.2, 0.25) is 0 Å². The second-order valence-corrected chi connectivity index (χ2v) is 4.47. The van der Waals surface area contributed by atoms with Crippen LogP contribution in [0.3, 0.4) is 0 Å². The topological polar surface area (TPSA) is 85.1 Å². The molecule has 0 radical (unpaired) electrons. The number of pyridine rings is 1. The van der Waals surface area contributed by atoms with Gasteiger partial charge in [0.15, 0.2) is 0 Å². The number of nitro benzene ring substituents is 1. The third-order valence-electron chi connectivity index (χ3n) is 2.41. The maximum atomic E-state index is 13.0. The second-order valence-electron chi connectivity index (χ2n) is 3.71. The minimum Gasteiger partial charge on any atom is -0.319 e. The molecule has 0 unspecified atom stereocenters. The Morgan fingerprint density at radius 3 is 2.80 bits per heavy atom. The lowest BCUT2D eigenvalue weighted by Crippen LogP contribution is -2.14. The van der Waals surface area contributed by atoms with Crippen molar-refractivity contribution in [1.82, 2.24) is 4.98 Å². The molecule has 1 heterocycles. The number of hydrogen-bond acceptors (Lipinski definition) is 4. The predicted molar refractivity (Wildman–Crippen MR) is 72.9 cm³/mol. The Morgan fingerprint density at radius 1 is 1.40 bits per heavy atom. The standard InChI is InChI=1S/C12H7BrFN3O3/c13-11-9(2-1-5-15-11)16-12(18)8-4-3-7(14)6-10(8)17(19)20/h1-6H,(H,16,18). The van der Waals surface area contributed by atoms with E-state index in [1.54, 1.807) is 12.1 Å². The number of nitro groups is 1. The van der Waals surface area contributed by atoms with Crippen LogP contribution in [0.4, 0.5) is 15.8 Å². The van der Waals surface area contributed by atoms with Crippen molar-refractivity contribution in [3.05, 3.63) is 62.6 Å². The monoisotopic (exact) mass is 339 g/mol. The molecule has 0 spiro atoms. The number of halogens is 2. The molecule has 1 N–H and O–H groups in total. The van der Waals surface area contributed by atoms with Gasteiger partial charge >= 0.3 is 0 Å². The summed E-state index contributed by atoms with van der Waals surface area (Å²) in [7, 11) is 0. The molecule has 0 aliphatic carbocycles. The summed E-state index contributed by atoms with van der Waals surface area (Å²) in [6.07, 6.45) is 1.51. The molecular formula is C12H7BrFN3O3. The molecule has 1 aromatic carbocycles. The first-order chi connectivity index (χ1) is 9.49. The molecule has 2 rings (SSSR count). The van der Waals surface area contributed by atoms with E-state index < -0.39 is 22.3 Å². The Hall–Kier alpha value is -2.35. The molecule has 0 aliphatic rings. The highest BCUT2D eigenvalue weighted by Crippen LogP contribution is 2.23. The highest BCUT2D eigenvalue weighted by molar-refractivity contribution is 9.10. The smallest absolute Gasteiger partial charge is 0.285 e. The molecule has 0 fully saturated rings. The summed E-state index contributed by atoms with van der Waals surface area (Å²) in [5.41, 5.74) is -0.467. The van der Waals surface area contributed by atoms with E-state index in [1.807, 2.05) is 0 Å². The average molecular weight is 340 g/mol. The van der Waals surface area contributed by atoms with Gasteiger partial charge in [0.05, 0.1) is 16.7 Å². The minimum absolute atomic E-state index is 0.229. The summed E-state index contributed by atoms with van der Waals surface area (Å²) >= 11 is 3.14. The fourth-order valence-electron chi connectivity index (χ4n) is 1.52. The van der Waals surface area contributed by atoms with Crippen LogP contribution in [0.5, 0.6) is 0 Å². The number of carbonyl (C=O) groups excluding carboxylic acids is 1. The van der Waals surface area contributed by atoms with Gasteiger partial charge in [0.25, 0.3) is 11.6 Å². The molecule has 0 atom stereocenters. The molecule has 1 aromatic heterocycles. The number of hydrogen-bond donors (Lipinski definition) is 1. The maximum Gasteiger partial charge on any atom is 0.285 e. The lowest BCUT2D eigenvalue weighted by Gasteiger charge is -2.07. The predicted octanol–water partition coefficient (Wildman–Crippen LogP) is 3.14. The van der Waals surface area contributed by atoms with E-state index in [0.717, 1.165) is 12.1 Å². The van der Waals surface area contributed by atoms with Crippen LogP contribution in [-0.4, -0.2) is 15.8 Å². The van der Waals surface area contributed by atoms with Crippen LogP contribution in [0.15, 0.2) is 41.1 Å². The number of anilines is 1. The SMILES string of the molecule is O=C(Nc1cccnc1Br)c1ccc(F)cc1[N+](=O)[O-]. The highest BCUT2D eigenvalue weighted by Gasteiger charge is 2.21. The Morgan fingerprint density at radius 2 is 2.15 bits per heavy atom. The fraction of sp³-hybridized carbons (Fsp3) is 0. The van der Waals surface area contributed by atoms with E-state index in [9.17, 15) is 19.3 Å². The third-order valence-corrected chi connectivity index (χ3v) is 3.04. The molecule has 6 nitrogen and oxygen atoms in total. The van der Waals surface area contributed by atoms with Gasteiger partial charge in [-0.1, -0.05) is 0 Å². The molecule has 102 valence electrons.